The molecular weight excluding hydrogens is 334 g/mol. The normalized spacial score (nSPS) is 10.1. The number of hydrogen-bond acceptors (Lipinski definition) is 3. The van der Waals surface area contributed by atoms with Gasteiger partial charge in [0.05, 0.1) is 25.5 Å². The van der Waals surface area contributed by atoms with E-state index in [1.807, 2.05) is 30.3 Å². The molecule has 0 spiro atoms. The molecule has 0 atom stereocenters. The van der Waals surface area contributed by atoms with Crippen LogP contribution in [0.1, 0.15) is 10.4 Å². The van der Waals surface area contributed by atoms with E-state index in [2.05, 4.69) is 15.9 Å². The molecule has 0 bridgehead atoms. The molecule has 0 heterocycles. The van der Waals surface area contributed by atoms with E-state index in [0.717, 1.165) is 4.47 Å². The Balaban J connectivity index is 2.40. The Kier molecular flexibility index (Phi) is 4.85. The number of rotatable bonds is 4. The summed E-state index contributed by atoms with van der Waals surface area (Å²) in [6.07, 6.45) is 0. The summed E-state index contributed by atoms with van der Waals surface area (Å²) in [6.45, 7) is 0. The molecule has 2 aromatic carbocycles. The van der Waals surface area contributed by atoms with Crippen LogP contribution in [0.25, 0.3) is 0 Å². The number of carbonyl (C=O) groups is 1. The highest BCUT2D eigenvalue weighted by molar-refractivity contribution is 9.10. The molecule has 2 aromatic rings. The van der Waals surface area contributed by atoms with Crippen LogP contribution in [0.2, 0.25) is 0 Å². The largest absolute Gasteiger partial charge is 0.496 e. The molecule has 0 aliphatic carbocycles. The van der Waals surface area contributed by atoms with E-state index < -0.39 is 0 Å². The highest BCUT2D eigenvalue weighted by Gasteiger charge is 2.20. The van der Waals surface area contributed by atoms with Gasteiger partial charge in [-0.2, -0.15) is 0 Å². The lowest BCUT2D eigenvalue weighted by Gasteiger charge is -2.21. The van der Waals surface area contributed by atoms with E-state index in [0.29, 0.717) is 22.7 Å². The number of nitrogens with zero attached hydrogens (tertiary/aromatic N) is 1. The predicted molar refractivity (Wildman–Crippen MR) is 86.4 cm³/mol. The van der Waals surface area contributed by atoms with Crippen LogP contribution in [0.15, 0.2) is 46.9 Å². The molecule has 0 saturated carbocycles. The van der Waals surface area contributed by atoms with Crippen LogP contribution < -0.4 is 14.4 Å². The van der Waals surface area contributed by atoms with Crippen molar-refractivity contribution in [1.29, 1.82) is 0 Å². The summed E-state index contributed by atoms with van der Waals surface area (Å²) in [5.74, 6) is 1.00. The maximum Gasteiger partial charge on any atom is 0.261 e. The van der Waals surface area contributed by atoms with Gasteiger partial charge in [-0.05, 0) is 30.3 Å². The lowest BCUT2D eigenvalue weighted by Crippen LogP contribution is -2.27. The molecule has 0 aliphatic heterocycles. The van der Waals surface area contributed by atoms with Crippen molar-refractivity contribution in [1.82, 2.24) is 0 Å². The molecule has 2 rings (SSSR count). The fraction of sp³-hybridized carbons (Fsp3) is 0.188. The van der Waals surface area contributed by atoms with Crippen molar-refractivity contribution >= 4 is 27.5 Å². The Hall–Kier alpha value is -2.01. The lowest BCUT2D eigenvalue weighted by atomic mass is 10.1. The first-order valence-corrected chi connectivity index (χ1v) is 7.12. The van der Waals surface area contributed by atoms with Crippen molar-refractivity contribution in [3.8, 4) is 11.5 Å². The number of benzene rings is 2. The molecule has 5 heteroatoms. The van der Waals surface area contributed by atoms with Gasteiger partial charge in [-0.3, -0.25) is 4.79 Å². The first kappa shape index (κ1) is 15.4. The van der Waals surface area contributed by atoms with E-state index in [9.17, 15) is 4.79 Å². The molecule has 0 aliphatic rings. The van der Waals surface area contributed by atoms with Crippen molar-refractivity contribution in [2.75, 3.05) is 26.2 Å². The maximum absolute atomic E-state index is 12.7. The van der Waals surface area contributed by atoms with Crippen LogP contribution in [0, 0.1) is 0 Å². The number of halogens is 1. The van der Waals surface area contributed by atoms with E-state index in [-0.39, 0.29) is 5.91 Å². The highest BCUT2D eigenvalue weighted by atomic mass is 79.9. The smallest absolute Gasteiger partial charge is 0.261 e. The second kappa shape index (κ2) is 6.63. The maximum atomic E-state index is 12.7. The minimum Gasteiger partial charge on any atom is -0.496 e. The second-order valence-corrected chi connectivity index (χ2v) is 5.30. The van der Waals surface area contributed by atoms with Gasteiger partial charge >= 0.3 is 0 Å². The van der Waals surface area contributed by atoms with E-state index in [1.165, 1.54) is 0 Å². The summed E-state index contributed by atoms with van der Waals surface area (Å²) in [5.41, 5.74) is 1.20. The van der Waals surface area contributed by atoms with E-state index >= 15 is 0 Å². The molecule has 0 fully saturated rings. The zero-order chi connectivity index (χ0) is 15.4. The molecule has 1 amide bonds. The number of methoxy groups -OCH3 is 2. The van der Waals surface area contributed by atoms with Gasteiger partial charge in [0.15, 0.2) is 0 Å². The van der Waals surface area contributed by atoms with Crippen LogP contribution in [0.3, 0.4) is 0 Å². The van der Waals surface area contributed by atoms with Crippen LogP contribution in [0.5, 0.6) is 11.5 Å². The summed E-state index contributed by atoms with van der Waals surface area (Å²) in [7, 11) is 4.83. The summed E-state index contributed by atoms with van der Waals surface area (Å²) in [6, 6.07) is 12.7. The Morgan fingerprint density at radius 2 is 1.71 bits per heavy atom. The molecule has 0 saturated heterocycles. The van der Waals surface area contributed by atoms with Gasteiger partial charge in [-0.15, -0.1) is 0 Å². The van der Waals surface area contributed by atoms with E-state index in [4.69, 9.17) is 9.47 Å². The fourth-order valence-electron chi connectivity index (χ4n) is 2.04. The SMILES string of the molecule is COc1cc(Br)ccc1C(=O)N(C)c1ccccc1OC. The van der Waals surface area contributed by atoms with Gasteiger partial charge in [0, 0.05) is 11.5 Å². The van der Waals surface area contributed by atoms with Crippen LogP contribution in [0.4, 0.5) is 5.69 Å². The third-order valence-electron chi connectivity index (χ3n) is 3.15. The topological polar surface area (TPSA) is 38.8 Å². The molecule has 21 heavy (non-hydrogen) atoms. The molecule has 0 aromatic heterocycles. The molecule has 0 unspecified atom stereocenters. The third kappa shape index (κ3) is 3.19. The average Bonchev–Trinajstić information content (AvgIpc) is 2.53. The number of amides is 1. The Morgan fingerprint density at radius 3 is 2.38 bits per heavy atom. The molecule has 4 nitrogen and oxygen atoms in total. The minimum absolute atomic E-state index is 0.163. The molecule has 110 valence electrons. The molecule has 0 N–H and O–H groups in total. The first-order chi connectivity index (χ1) is 10.1. The van der Waals surface area contributed by atoms with Crippen LogP contribution in [-0.2, 0) is 0 Å². The zero-order valence-corrected chi connectivity index (χ0v) is 13.7. The lowest BCUT2D eigenvalue weighted by molar-refractivity contribution is 0.0989. The van der Waals surface area contributed by atoms with Crippen LogP contribution in [-0.4, -0.2) is 27.2 Å². The Bertz CT molecular complexity index is 658. The van der Waals surface area contributed by atoms with Gasteiger partial charge in [-0.25, -0.2) is 0 Å². The van der Waals surface area contributed by atoms with Gasteiger partial charge in [0.25, 0.3) is 5.91 Å². The monoisotopic (exact) mass is 349 g/mol. The standard InChI is InChI=1S/C16H16BrNO3/c1-18(13-6-4-5-7-14(13)20-2)16(19)12-9-8-11(17)10-15(12)21-3/h4-10H,1-3H3. The highest BCUT2D eigenvalue weighted by Crippen LogP contribution is 2.30. The Morgan fingerprint density at radius 1 is 1.05 bits per heavy atom. The summed E-state index contributed by atoms with van der Waals surface area (Å²) in [4.78, 5) is 14.2. The fourth-order valence-corrected chi connectivity index (χ4v) is 2.38. The van der Waals surface area contributed by atoms with Gasteiger partial charge in [0.1, 0.15) is 11.5 Å². The minimum atomic E-state index is -0.163. The Labute approximate surface area is 132 Å². The number of ether oxygens (including phenoxy) is 2. The number of para-hydroxylation sites is 2. The van der Waals surface area contributed by atoms with Crippen molar-refractivity contribution in [2.24, 2.45) is 0 Å². The second-order valence-electron chi connectivity index (χ2n) is 4.38. The van der Waals surface area contributed by atoms with Crippen molar-refractivity contribution in [3.05, 3.63) is 52.5 Å². The summed E-state index contributed by atoms with van der Waals surface area (Å²) < 4.78 is 11.4. The van der Waals surface area contributed by atoms with Crippen molar-refractivity contribution in [2.45, 2.75) is 0 Å². The predicted octanol–water partition coefficient (Wildman–Crippen LogP) is 3.74. The molecular formula is C16H16BrNO3. The average molecular weight is 350 g/mol. The number of anilines is 1. The third-order valence-corrected chi connectivity index (χ3v) is 3.64. The van der Waals surface area contributed by atoms with E-state index in [1.54, 1.807) is 38.3 Å². The molecule has 0 radical (unpaired) electrons. The summed E-state index contributed by atoms with van der Waals surface area (Å²) >= 11 is 3.37. The van der Waals surface area contributed by atoms with Gasteiger partial charge in [-0.1, -0.05) is 28.1 Å². The first-order valence-electron chi connectivity index (χ1n) is 6.33. The van der Waals surface area contributed by atoms with Crippen molar-refractivity contribution in [3.63, 3.8) is 0 Å². The van der Waals surface area contributed by atoms with Gasteiger partial charge in [0.2, 0.25) is 0 Å². The quantitative estimate of drug-likeness (QED) is 0.843. The number of hydrogen-bond donors (Lipinski definition) is 0. The van der Waals surface area contributed by atoms with Gasteiger partial charge < -0.3 is 14.4 Å². The summed E-state index contributed by atoms with van der Waals surface area (Å²) in [5, 5.41) is 0. The number of carbonyl (C=O) groups excluding carboxylic acids is 1. The zero-order valence-electron chi connectivity index (χ0n) is 12.1. The van der Waals surface area contributed by atoms with Crippen LogP contribution >= 0.6 is 15.9 Å². The van der Waals surface area contributed by atoms with Crippen molar-refractivity contribution < 1.29 is 14.3 Å².